The van der Waals surface area contributed by atoms with E-state index in [0.29, 0.717) is 16.3 Å². The second-order valence-electron chi connectivity index (χ2n) is 6.11. The van der Waals surface area contributed by atoms with Crippen molar-refractivity contribution in [3.05, 3.63) is 32.7 Å². The van der Waals surface area contributed by atoms with E-state index in [2.05, 4.69) is 68.0 Å². The summed E-state index contributed by atoms with van der Waals surface area (Å²) < 4.78 is 31.6. The fourth-order valence-electron chi connectivity index (χ4n) is 2.24. The van der Waals surface area contributed by atoms with Crippen molar-refractivity contribution in [3.8, 4) is 0 Å². The summed E-state index contributed by atoms with van der Waals surface area (Å²) in [7, 11) is 4.37. The van der Waals surface area contributed by atoms with E-state index in [1.165, 1.54) is 5.69 Å². The van der Waals surface area contributed by atoms with Crippen molar-refractivity contribution in [3.63, 3.8) is 0 Å². The highest BCUT2D eigenvalue weighted by Crippen LogP contribution is 2.21. The Labute approximate surface area is 171 Å². The minimum absolute atomic E-state index is 0.397. The lowest BCUT2D eigenvalue weighted by molar-refractivity contribution is 0.226. The number of halogens is 2. The maximum Gasteiger partial charge on any atom is 0.265 e. The molecule has 0 saturated carbocycles. The molecule has 8 nitrogen and oxygen atoms in total. The van der Waals surface area contributed by atoms with E-state index in [1.54, 1.807) is 24.7 Å². The SMILES string of the molecule is CC(OS(C)(=O)=O)c1cc(Br)nn1C.CC(c1cc(Br)nn1C)N(C)C. The molecule has 0 aromatic carbocycles. The average molecular weight is 515 g/mol. The summed E-state index contributed by atoms with van der Waals surface area (Å²) >= 11 is 6.54. The fourth-order valence-corrected chi connectivity index (χ4v) is 3.81. The van der Waals surface area contributed by atoms with Gasteiger partial charge in [-0.2, -0.15) is 18.6 Å². The van der Waals surface area contributed by atoms with Gasteiger partial charge in [-0.3, -0.25) is 13.5 Å². The van der Waals surface area contributed by atoms with Crippen molar-refractivity contribution in [1.29, 1.82) is 0 Å². The van der Waals surface area contributed by atoms with Gasteiger partial charge in [0.1, 0.15) is 15.3 Å². The van der Waals surface area contributed by atoms with Gasteiger partial charge in [-0.25, -0.2) is 0 Å². The maximum absolute atomic E-state index is 10.9. The Morgan fingerprint density at radius 2 is 1.46 bits per heavy atom. The van der Waals surface area contributed by atoms with E-state index in [0.717, 1.165) is 10.9 Å². The summed E-state index contributed by atoms with van der Waals surface area (Å²) in [5, 5.41) is 8.24. The largest absolute Gasteiger partial charge is 0.301 e. The van der Waals surface area contributed by atoms with Crippen LogP contribution in [0.2, 0.25) is 0 Å². The van der Waals surface area contributed by atoms with E-state index in [1.807, 2.05) is 17.8 Å². The Kier molecular flexibility index (Phi) is 8.46. The van der Waals surface area contributed by atoms with Gasteiger partial charge in [-0.05, 0) is 71.9 Å². The van der Waals surface area contributed by atoms with Gasteiger partial charge in [0, 0.05) is 20.1 Å². The first kappa shape index (κ1) is 23.3. The molecule has 0 saturated heterocycles. The molecular formula is C15H25Br2N5O3S. The number of nitrogens with zero attached hydrogens (tertiary/aromatic N) is 5. The Hall–Kier alpha value is -0.750. The molecule has 2 rings (SSSR count). The van der Waals surface area contributed by atoms with Crippen LogP contribution in [0, 0.1) is 0 Å². The third-order valence-corrected chi connectivity index (χ3v) is 5.12. The summed E-state index contributed by atoms with van der Waals surface area (Å²) in [5.74, 6) is 0. The molecule has 0 radical (unpaired) electrons. The summed E-state index contributed by atoms with van der Waals surface area (Å²) in [4.78, 5) is 2.16. The zero-order valence-electron chi connectivity index (χ0n) is 15.9. The van der Waals surface area contributed by atoms with Crippen LogP contribution in [-0.4, -0.2) is 53.2 Å². The Balaban J connectivity index is 0.000000263. The molecule has 11 heteroatoms. The number of rotatable bonds is 5. The number of hydrogen-bond donors (Lipinski definition) is 0. The van der Waals surface area contributed by atoms with Crippen molar-refractivity contribution in [2.75, 3.05) is 20.4 Å². The summed E-state index contributed by atoms with van der Waals surface area (Å²) in [5.41, 5.74) is 1.91. The zero-order chi connectivity index (χ0) is 20.2. The van der Waals surface area contributed by atoms with Crippen LogP contribution in [0.25, 0.3) is 0 Å². The number of aromatic nitrogens is 4. The Morgan fingerprint density at radius 1 is 1.04 bits per heavy atom. The molecule has 2 aromatic heterocycles. The molecule has 0 fully saturated rings. The fraction of sp³-hybridized carbons (Fsp3) is 0.600. The molecule has 0 amide bonds. The smallest absolute Gasteiger partial charge is 0.265 e. The summed E-state index contributed by atoms with van der Waals surface area (Å²) in [6.07, 6.45) is 0.489. The molecule has 26 heavy (non-hydrogen) atoms. The van der Waals surface area contributed by atoms with Crippen molar-refractivity contribution in [2.45, 2.75) is 26.0 Å². The van der Waals surface area contributed by atoms with Crippen molar-refractivity contribution < 1.29 is 12.6 Å². The predicted octanol–water partition coefficient (Wildman–Crippen LogP) is 3.03. The molecule has 0 bridgehead atoms. The lowest BCUT2D eigenvalue weighted by atomic mass is 10.2. The molecule has 2 atom stereocenters. The normalized spacial score (nSPS) is 14.1. The average Bonchev–Trinajstić information content (AvgIpc) is 2.98. The second-order valence-corrected chi connectivity index (χ2v) is 9.34. The van der Waals surface area contributed by atoms with E-state index < -0.39 is 16.2 Å². The molecule has 0 N–H and O–H groups in total. The monoisotopic (exact) mass is 513 g/mol. The standard InChI is InChI=1S/C8H14BrN3.C7H11BrN2O3S/c1-6(11(2)3)7-5-8(9)10-12(7)4;1-5(13-14(3,11)12)6-4-7(8)9-10(6)2/h5-6H,1-4H3;4-5H,1-3H3. The van der Waals surface area contributed by atoms with Gasteiger partial charge >= 0.3 is 0 Å². The minimum atomic E-state index is -3.44. The van der Waals surface area contributed by atoms with Crippen LogP contribution >= 0.6 is 31.9 Å². The molecule has 2 unspecified atom stereocenters. The highest BCUT2D eigenvalue weighted by atomic mass is 79.9. The lowest BCUT2D eigenvalue weighted by Crippen LogP contribution is -2.19. The Morgan fingerprint density at radius 3 is 1.77 bits per heavy atom. The van der Waals surface area contributed by atoms with Gasteiger partial charge in [0.25, 0.3) is 10.1 Å². The van der Waals surface area contributed by atoms with E-state index in [4.69, 9.17) is 4.18 Å². The Bertz CT molecular complexity index is 832. The van der Waals surface area contributed by atoms with Crippen LogP contribution < -0.4 is 0 Å². The molecule has 0 aliphatic rings. The topological polar surface area (TPSA) is 82.3 Å². The first-order chi connectivity index (χ1) is 11.8. The third kappa shape index (κ3) is 7.10. The first-order valence-electron chi connectivity index (χ1n) is 7.75. The highest BCUT2D eigenvalue weighted by molar-refractivity contribution is 9.10. The highest BCUT2D eigenvalue weighted by Gasteiger charge is 2.16. The van der Waals surface area contributed by atoms with Crippen molar-refractivity contribution in [1.82, 2.24) is 24.5 Å². The van der Waals surface area contributed by atoms with Crippen LogP contribution in [-0.2, 0) is 28.4 Å². The van der Waals surface area contributed by atoms with Gasteiger partial charge in [0.2, 0.25) is 0 Å². The van der Waals surface area contributed by atoms with Crippen LogP contribution in [0.1, 0.15) is 37.4 Å². The quantitative estimate of drug-likeness (QED) is 0.570. The molecule has 2 aromatic rings. The van der Waals surface area contributed by atoms with Crippen LogP contribution in [0.5, 0.6) is 0 Å². The second kappa shape index (κ2) is 9.45. The molecule has 2 heterocycles. The number of hydrogen-bond acceptors (Lipinski definition) is 6. The molecule has 0 spiro atoms. The van der Waals surface area contributed by atoms with Crippen molar-refractivity contribution >= 4 is 42.0 Å². The van der Waals surface area contributed by atoms with Gasteiger partial charge in [-0.1, -0.05) is 0 Å². The van der Waals surface area contributed by atoms with E-state index >= 15 is 0 Å². The zero-order valence-corrected chi connectivity index (χ0v) is 19.9. The molecule has 148 valence electrons. The van der Waals surface area contributed by atoms with Crippen LogP contribution in [0.15, 0.2) is 21.3 Å². The maximum atomic E-state index is 10.9. The van der Waals surface area contributed by atoms with Crippen molar-refractivity contribution in [2.24, 2.45) is 14.1 Å². The van der Waals surface area contributed by atoms with E-state index in [9.17, 15) is 8.42 Å². The van der Waals surface area contributed by atoms with Gasteiger partial charge in [0.15, 0.2) is 0 Å². The summed E-state index contributed by atoms with van der Waals surface area (Å²) in [6, 6.07) is 4.16. The first-order valence-corrected chi connectivity index (χ1v) is 11.2. The summed E-state index contributed by atoms with van der Waals surface area (Å²) in [6.45, 7) is 3.81. The van der Waals surface area contributed by atoms with Gasteiger partial charge in [0.05, 0.1) is 17.6 Å². The number of aryl methyl sites for hydroxylation is 2. The van der Waals surface area contributed by atoms with Crippen LogP contribution in [0.4, 0.5) is 0 Å². The van der Waals surface area contributed by atoms with Gasteiger partial charge < -0.3 is 4.90 Å². The predicted molar refractivity (Wildman–Crippen MR) is 108 cm³/mol. The molecule has 0 aliphatic carbocycles. The lowest BCUT2D eigenvalue weighted by Gasteiger charge is -2.19. The molecule has 0 aliphatic heterocycles. The van der Waals surface area contributed by atoms with E-state index in [-0.39, 0.29) is 0 Å². The molecular weight excluding hydrogens is 490 g/mol. The third-order valence-electron chi connectivity index (χ3n) is 3.71. The minimum Gasteiger partial charge on any atom is -0.301 e. The van der Waals surface area contributed by atoms with Crippen LogP contribution in [0.3, 0.4) is 0 Å². The van der Waals surface area contributed by atoms with Gasteiger partial charge in [-0.15, -0.1) is 0 Å².